The first-order chi connectivity index (χ1) is 18.6. The fraction of sp³-hybridized carbons (Fsp3) is 0.806. The largest absolute Gasteiger partial charge is 0.348 e. The molecule has 6 aliphatic rings. The molecule has 4 saturated carbocycles. The Labute approximate surface area is 233 Å². The van der Waals surface area contributed by atoms with E-state index in [4.69, 9.17) is 23.1 Å². The summed E-state index contributed by atoms with van der Waals surface area (Å²) in [5, 5.41) is 0. The average Bonchev–Trinajstić information content (AvgIpc) is 3.65. The zero-order chi connectivity index (χ0) is 27.1. The van der Waals surface area contributed by atoms with Gasteiger partial charge in [-0.15, -0.1) is 0 Å². The minimum absolute atomic E-state index is 0.0600. The number of aryl methyl sites for hydroxylation is 1. The van der Waals surface area contributed by atoms with Crippen molar-refractivity contribution >= 4 is 10.1 Å². The Kier molecular flexibility index (Phi) is 6.36. The van der Waals surface area contributed by atoms with Gasteiger partial charge in [0.05, 0.1) is 37.9 Å². The molecule has 2 heterocycles. The normalized spacial score (nSPS) is 42.4. The molecule has 6 fully saturated rings. The molecule has 1 aromatic rings. The molecular weight excluding hydrogens is 516 g/mol. The van der Waals surface area contributed by atoms with Crippen LogP contribution in [0.5, 0.6) is 0 Å². The molecule has 8 heteroatoms. The van der Waals surface area contributed by atoms with Crippen molar-refractivity contribution in [2.45, 2.75) is 88.6 Å². The van der Waals surface area contributed by atoms with Crippen molar-refractivity contribution in [3.8, 4) is 0 Å². The predicted molar refractivity (Wildman–Crippen MR) is 144 cm³/mol. The van der Waals surface area contributed by atoms with Gasteiger partial charge in [0, 0.05) is 24.7 Å². The summed E-state index contributed by atoms with van der Waals surface area (Å²) in [6.07, 6.45) is 8.08. The van der Waals surface area contributed by atoms with Gasteiger partial charge < -0.3 is 18.9 Å². The quantitative estimate of drug-likeness (QED) is 0.453. The van der Waals surface area contributed by atoms with E-state index in [1.807, 2.05) is 19.1 Å². The summed E-state index contributed by atoms with van der Waals surface area (Å²) in [7, 11) is -3.84. The summed E-state index contributed by atoms with van der Waals surface area (Å²) < 4.78 is 57.7. The van der Waals surface area contributed by atoms with E-state index in [9.17, 15) is 8.42 Å². The molecule has 2 spiro atoms. The number of benzene rings is 1. The first kappa shape index (κ1) is 26.8. The van der Waals surface area contributed by atoms with Crippen LogP contribution in [0.1, 0.15) is 70.8 Å². The second kappa shape index (κ2) is 9.23. The lowest BCUT2D eigenvalue weighted by Crippen LogP contribution is -2.61. The molecule has 216 valence electrons. The highest BCUT2D eigenvalue weighted by atomic mass is 32.2. The molecule has 0 amide bonds. The third-order valence-electron chi connectivity index (χ3n) is 12.2. The van der Waals surface area contributed by atoms with Crippen LogP contribution in [0.15, 0.2) is 29.2 Å². The fourth-order valence-corrected chi connectivity index (χ4v) is 11.1. The molecule has 7 nitrogen and oxygen atoms in total. The molecule has 2 aliphatic heterocycles. The summed E-state index contributed by atoms with van der Waals surface area (Å²) in [6, 6.07) is 6.96. The molecular formula is C31H44O7S. The van der Waals surface area contributed by atoms with Gasteiger partial charge in [-0.1, -0.05) is 31.5 Å². The van der Waals surface area contributed by atoms with Crippen LogP contribution in [0, 0.1) is 47.3 Å². The Morgan fingerprint density at radius 1 is 0.872 bits per heavy atom. The topological polar surface area (TPSA) is 80.3 Å². The van der Waals surface area contributed by atoms with Gasteiger partial charge in [0.1, 0.15) is 0 Å². The Balaban J connectivity index is 1.21. The first-order valence-electron chi connectivity index (χ1n) is 15.1. The minimum atomic E-state index is -3.84. The van der Waals surface area contributed by atoms with Gasteiger partial charge in [-0.3, -0.25) is 4.18 Å². The van der Waals surface area contributed by atoms with Gasteiger partial charge in [0.2, 0.25) is 0 Å². The van der Waals surface area contributed by atoms with Crippen LogP contribution >= 0.6 is 0 Å². The lowest BCUT2D eigenvalue weighted by atomic mass is 9.42. The maximum Gasteiger partial charge on any atom is 0.296 e. The second-order valence-corrected chi connectivity index (χ2v) is 15.4. The highest BCUT2D eigenvalue weighted by Crippen LogP contribution is 2.71. The van der Waals surface area contributed by atoms with Crippen molar-refractivity contribution in [3.63, 3.8) is 0 Å². The Morgan fingerprint density at radius 2 is 1.54 bits per heavy atom. The van der Waals surface area contributed by atoms with Crippen molar-refractivity contribution in [2.75, 3.05) is 33.0 Å². The summed E-state index contributed by atoms with van der Waals surface area (Å²) in [6.45, 7) is 9.74. The van der Waals surface area contributed by atoms with E-state index in [-0.39, 0.29) is 28.3 Å². The van der Waals surface area contributed by atoms with Crippen molar-refractivity contribution in [1.29, 1.82) is 0 Å². The molecule has 7 rings (SSSR count). The van der Waals surface area contributed by atoms with Gasteiger partial charge >= 0.3 is 0 Å². The molecule has 0 N–H and O–H groups in total. The van der Waals surface area contributed by atoms with Crippen LogP contribution < -0.4 is 0 Å². The van der Waals surface area contributed by atoms with E-state index in [1.54, 1.807) is 12.1 Å². The van der Waals surface area contributed by atoms with Crippen LogP contribution in [0.4, 0.5) is 0 Å². The van der Waals surface area contributed by atoms with Crippen molar-refractivity contribution in [2.24, 2.45) is 40.4 Å². The van der Waals surface area contributed by atoms with E-state index in [0.29, 0.717) is 50.1 Å². The molecule has 39 heavy (non-hydrogen) atoms. The minimum Gasteiger partial charge on any atom is -0.348 e. The fourth-order valence-electron chi connectivity index (χ4n) is 10.1. The number of ether oxygens (including phenoxy) is 4. The van der Waals surface area contributed by atoms with Gasteiger partial charge in [-0.25, -0.2) is 0 Å². The number of hydrogen-bond acceptors (Lipinski definition) is 7. The van der Waals surface area contributed by atoms with Crippen LogP contribution in [0.25, 0.3) is 0 Å². The molecule has 0 aromatic heterocycles. The number of fused-ring (bicyclic) bond motifs is 6. The van der Waals surface area contributed by atoms with Gasteiger partial charge in [0.25, 0.3) is 10.1 Å². The van der Waals surface area contributed by atoms with E-state index in [2.05, 4.69) is 13.8 Å². The molecule has 1 unspecified atom stereocenters. The maximum atomic E-state index is 13.3. The SMILES string of the molecule is Cc1ccc(S(=O)(=O)OC[C@@H]2CC3CC4(CC[C@]3(C)[C@H]3CC[C@@]5(C)[C@@H](CCC56OCCO6)[C@H]23)OCCO4)cc1. The molecule has 0 radical (unpaired) electrons. The highest BCUT2D eigenvalue weighted by Gasteiger charge is 2.69. The third-order valence-corrected chi connectivity index (χ3v) is 13.5. The summed E-state index contributed by atoms with van der Waals surface area (Å²) in [5.41, 5.74) is 1.15. The number of hydrogen-bond donors (Lipinski definition) is 0. The lowest BCUT2D eigenvalue weighted by Gasteiger charge is -2.64. The van der Waals surface area contributed by atoms with E-state index >= 15 is 0 Å². The zero-order valence-electron chi connectivity index (χ0n) is 23.7. The second-order valence-electron chi connectivity index (χ2n) is 13.8. The Hall–Kier alpha value is -1.03. The summed E-state index contributed by atoms with van der Waals surface area (Å²) in [5.74, 6) is 0.943. The van der Waals surface area contributed by atoms with Crippen molar-refractivity contribution in [3.05, 3.63) is 29.8 Å². The van der Waals surface area contributed by atoms with Gasteiger partial charge in [0.15, 0.2) is 11.6 Å². The smallest absolute Gasteiger partial charge is 0.296 e. The van der Waals surface area contributed by atoms with Crippen LogP contribution in [0.3, 0.4) is 0 Å². The lowest BCUT2D eigenvalue weighted by molar-refractivity contribution is -0.265. The monoisotopic (exact) mass is 560 g/mol. The standard InChI is InChI=1S/C31H44O7S/c1-21-4-6-24(7-5-21)39(32,33)38-20-22-18-23-19-30(34-14-15-35-30)13-12-28(23,2)25-8-10-29(3)26(27(22)25)9-11-31(29)36-16-17-37-31/h4-7,22-23,25-27H,8-20H2,1-3H3/t22-,23?,25-,26-,27+,28-,29-/m0/s1. The average molecular weight is 561 g/mol. The van der Waals surface area contributed by atoms with E-state index in [0.717, 1.165) is 56.9 Å². The highest BCUT2D eigenvalue weighted by molar-refractivity contribution is 7.86. The molecule has 1 aromatic carbocycles. The first-order valence-corrected chi connectivity index (χ1v) is 16.5. The van der Waals surface area contributed by atoms with E-state index < -0.39 is 21.7 Å². The number of rotatable bonds is 4. The maximum absolute atomic E-state index is 13.3. The zero-order valence-corrected chi connectivity index (χ0v) is 24.5. The summed E-state index contributed by atoms with van der Waals surface area (Å²) >= 11 is 0. The van der Waals surface area contributed by atoms with Crippen LogP contribution in [-0.2, 0) is 33.2 Å². The Morgan fingerprint density at radius 3 is 2.26 bits per heavy atom. The molecule has 7 atom stereocenters. The van der Waals surface area contributed by atoms with Crippen molar-refractivity contribution < 1.29 is 31.5 Å². The van der Waals surface area contributed by atoms with Crippen LogP contribution in [-0.4, -0.2) is 53.0 Å². The third kappa shape index (κ3) is 4.03. The van der Waals surface area contributed by atoms with E-state index in [1.165, 1.54) is 0 Å². The Bertz CT molecular complexity index is 1190. The molecule has 0 bridgehead atoms. The van der Waals surface area contributed by atoms with Crippen molar-refractivity contribution in [1.82, 2.24) is 0 Å². The summed E-state index contributed by atoms with van der Waals surface area (Å²) in [4.78, 5) is 0.232. The van der Waals surface area contributed by atoms with Crippen LogP contribution in [0.2, 0.25) is 0 Å². The predicted octanol–water partition coefficient (Wildman–Crippen LogP) is 5.46. The molecule has 2 saturated heterocycles. The molecule has 4 aliphatic carbocycles. The van der Waals surface area contributed by atoms with Gasteiger partial charge in [-0.2, -0.15) is 8.42 Å². The van der Waals surface area contributed by atoms with Gasteiger partial charge in [-0.05, 0) is 86.2 Å².